The van der Waals surface area contributed by atoms with Crippen molar-refractivity contribution in [1.29, 1.82) is 0 Å². The third-order valence-electron chi connectivity index (χ3n) is 1.50. The molecule has 0 heterocycles. The highest BCUT2D eigenvalue weighted by atomic mass is 32.2. The maximum atomic E-state index is 11.5. The number of rotatable bonds is 3. The first-order valence-corrected chi connectivity index (χ1v) is 5.65. The lowest BCUT2D eigenvalue weighted by atomic mass is 10.2. The van der Waals surface area contributed by atoms with Crippen LogP contribution in [0.4, 0.5) is 0 Å². The smallest absolute Gasteiger partial charge is 0.290 e. The van der Waals surface area contributed by atoms with Crippen molar-refractivity contribution in [1.82, 2.24) is 0 Å². The van der Waals surface area contributed by atoms with Crippen LogP contribution in [0.1, 0.15) is 13.8 Å². The lowest BCUT2D eigenvalue weighted by Gasteiger charge is -2.10. The van der Waals surface area contributed by atoms with Crippen LogP contribution in [0.25, 0.3) is 0 Å². The first-order valence-electron chi connectivity index (χ1n) is 4.24. The zero-order chi connectivity index (χ0) is 11.6. The van der Waals surface area contributed by atoms with Gasteiger partial charge in [-0.15, -0.1) is 0 Å². The summed E-state index contributed by atoms with van der Waals surface area (Å²) in [6, 6.07) is 0. The van der Waals surface area contributed by atoms with E-state index in [0.717, 1.165) is 18.2 Å². The fourth-order valence-electron chi connectivity index (χ4n) is 0.989. The SMILES string of the molecule is CC(C)OS(=O)(=O)C1=CC(=O)C=CC1=O. The Labute approximate surface area is 87.5 Å². The van der Waals surface area contributed by atoms with E-state index < -0.39 is 32.7 Å². The zero-order valence-corrected chi connectivity index (χ0v) is 9.08. The molecule has 1 rings (SSSR count). The Balaban J connectivity index is 3.07. The molecule has 15 heavy (non-hydrogen) atoms. The lowest BCUT2D eigenvalue weighted by Crippen LogP contribution is -2.21. The highest BCUT2D eigenvalue weighted by Gasteiger charge is 2.28. The summed E-state index contributed by atoms with van der Waals surface area (Å²) in [5.41, 5.74) is 0. The van der Waals surface area contributed by atoms with E-state index >= 15 is 0 Å². The fourth-order valence-corrected chi connectivity index (χ4v) is 2.17. The standard InChI is InChI=1S/C9H10O5S/c1-6(2)14-15(12,13)9-5-7(10)3-4-8(9)11/h3-6H,1-2H3. The summed E-state index contributed by atoms with van der Waals surface area (Å²) in [5, 5.41) is 0. The zero-order valence-electron chi connectivity index (χ0n) is 8.26. The van der Waals surface area contributed by atoms with Gasteiger partial charge in [0, 0.05) is 6.08 Å². The molecular weight excluding hydrogens is 220 g/mol. The maximum absolute atomic E-state index is 11.5. The average Bonchev–Trinajstić information content (AvgIpc) is 2.06. The Kier molecular flexibility index (Phi) is 3.21. The van der Waals surface area contributed by atoms with Gasteiger partial charge in [0.25, 0.3) is 0 Å². The molecule has 0 saturated heterocycles. The largest absolute Gasteiger partial charge is 0.301 e. The number of hydrogen-bond acceptors (Lipinski definition) is 5. The molecule has 0 fully saturated rings. The van der Waals surface area contributed by atoms with E-state index in [0.29, 0.717) is 0 Å². The van der Waals surface area contributed by atoms with Crippen molar-refractivity contribution in [2.75, 3.05) is 0 Å². The second-order valence-electron chi connectivity index (χ2n) is 3.21. The minimum atomic E-state index is -4.13. The molecule has 6 heteroatoms. The van der Waals surface area contributed by atoms with E-state index in [-0.39, 0.29) is 0 Å². The van der Waals surface area contributed by atoms with Gasteiger partial charge in [0.05, 0.1) is 6.10 Å². The predicted octanol–water partition coefficient (Wildman–Crippen LogP) is 0.333. The summed E-state index contributed by atoms with van der Waals surface area (Å²) in [6.07, 6.45) is 2.11. The molecule has 82 valence electrons. The van der Waals surface area contributed by atoms with Crippen molar-refractivity contribution >= 4 is 21.7 Å². The van der Waals surface area contributed by atoms with E-state index in [1.807, 2.05) is 0 Å². The van der Waals surface area contributed by atoms with Crippen LogP contribution in [0.3, 0.4) is 0 Å². The summed E-state index contributed by atoms with van der Waals surface area (Å²) in [7, 11) is -4.13. The fraction of sp³-hybridized carbons (Fsp3) is 0.333. The molecule has 0 bridgehead atoms. The third kappa shape index (κ3) is 2.84. The Morgan fingerprint density at radius 2 is 1.80 bits per heavy atom. The summed E-state index contributed by atoms with van der Waals surface area (Å²) in [5.74, 6) is -1.28. The normalized spacial score (nSPS) is 17.1. The van der Waals surface area contributed by atoms with Gasteiger partial charge >= 0.3 is 10.1 Å². The van der Waals surface area contributed by atoms with Crippen LogP contribution in [0.2, 0.25) is 0 Å². The molecule has 0 aromatic heterocycles. The van der Waals surface area contributed by atoms with Gasteiger partial charge in [0.1, 0.15) is 4.91 Å². The maximum Gasteiger partial charge on any atom is 0.301 e. The minimum Gasteiger partial charge on any atom is -0.290 e. The molecule has 0 aromatic carbocycles. The summed E-state index contributed by atoms with van der Waals surface area (Å²) in [4.78, 5) is 21.5. The molecule has 1 aliphatic rings. The molecule has 5 nitrogen and oxygen atoms in total. The number of hydrogen-bond donors (Lipinski definition) is 0. The molecule has 0 aromatic rings. The number of allylic oxidation sites excluding steroid dienone is 4. The minimum absolute atomic E-state index is 0.541. The van der Waals surface area contributed by atoms with Gasteiger partial charge in [-0.05, 0) is 26.0 Å². The monoisotopic (exact) mass is 230 g/mol. The van der Waals surface area contributed by atoms with Gasteiger partial charge in [-0.1, -0.05) is 0 Å². The van der Waals surface area contributed by atoms with Gasteiger partial charge in [-0.25, -0.2) is 0 Å². The molecule has 0 aliphatic heterocycles. The highest BCUT2D eigenvalue weighted by Crippen LogP contribution is 2.16. The van der Waals surface area contributed by atoms with Gasteiger partial charge in [-0.3, -0.25) is 13.8 Å². The van der Waals surface area contributed by atoms with Gasteiger partial charge in [0.15, 0.2) is 11.6 Å². The van der Waals surface area contributed by atoms with Crippen LogP contribution in [0, 0.1) is 0 Å². The van der Waals surface area contributed by atoms with E-state index in [2.05, 4.69) is 4.18 Å². The van der Waals surface area contributed by atoms with Crippen molar-refractivity contribution in [2.45, 2.75) is 20.0 Å². The Morgan fingerprint density at radius 1 is 1.20 bits per heavy atom. The number of carbonyl (C=O) groups excluding carboxylic acids is 2. The average molecular weight is 230 g/mol. The van der Waals surface area contributed by atoms with Crippen LogP contribution >= 0.6 is 0 Å². The van der Waals surface area contributed by atoms with Gasteiger partial charge in [0.2, 0.25) is 0 Å². The molecule has 0 saturated carbocycles. The summed E-state index contributed by atoms with van der Waals surface area (Å²) < 4.78 is 27.5. The topological polar surface area (TPSA) is 77.5 Å². The summed E-state index contributed by atoms with van der Waals surface area (Å²) >= 11 is 0. The Hall–Kier alpha value is -1.27. The molecule has 1 aliphatic carbocycles. The van der Waals surface area contributed by atoms with Crippen LogP contribution in [-0.2, 0) is 23.9 Å². The molecule has 0 unspecified atom stereocenters. The van der Waals surface area contributed by atoms with Crippen LogP contribution in [0.15, 0.2) is 23.1 Å². The molecule has 0 radical (unpaired) electrons. The third-order valence-corrected chi connectivity index (χ3v) is 3.00. The van der Waals surface area contributed by atoms with Crippen LogP contribution < -0.4 is 0 Å². The molecule has 0 N–H and O–H groups in total. The summed E-state index contributed by atoms with van der Waals surface area (Å²) in [6.45, 7) is 3.03. The second kappa shape index (κ2) is 4.08. The molecule has 0 spiro atoms. The van der Waals surface area contributed by atoms with Crippen molar-refractivity contribution in [3.05, 3.63) is 23.1 Å². The van der Waals surface area contributed by atoms with Crippen molar-refractivity contribution in [2.24, 2.45) is 0 Å². The van der Waals surface area contributed by atoms with Crippen LogP contribution in [-0.4, -0.2) is 26.1 Å². The van der Waals surface area contributed by atoms with E-state index in [4.69, 9.17) is 0 Å². The first kappa shape index (κ1) is 11.8. The van der Waals surface area contributed by atoms with Crippen LogP contribution in [0.5, 0.6) is 0 Å². The van der Waals surface area contributed by atoms with E-state index in [9.17, 15) is 18.0 Å². The second-order valence-corrected chi connectivity index (χ2v) is 4.75. The molecular formula is C9H10O5S. The molecule has 0 atom stereocenters. The highest BCUT2D eigenvalue weighted by molar-refractivity contribution is 7.91. The van der Waals surface area contributed by atoms with E-state index in [1.54, 1.807) is 0 Å². The van der Waals surface area contributed by atoms with Crippen molar-refractivity contribution in [3.8, 4) is 0 Å². The van der Waals surface area contributed by atoms with Gasteiger partial charge in [-0.2, -0.15) is 8.42 Å². The van der Waals surface area contributed by atoms with E-state index in [1.165, 1.54) is 13.8 Å². The number of carbonyl (C=O) groups is 2. The lowest BCUT2D eigenvalue weighted by molar-refractivity contribution is -0.114. The Bertz CT molecular complexity index is 453. The van der Waals surface area contributed by atoms with Crippen molar-refractivity contribution in [3.63, 3.8) is 0 Å². The first-order chi connectivity index (χ1) is 6.83. The molecule has 0 amide bonds. The van der Waals surface area contributed by atoms with Crippen molar-refractivity contribution < 1.29 is 22.2 Å². The van der Waals surface area contributed by atoms with Gasteiger partial charge < -0.3 is 0 Å². The quantitative estimate of drug-likeness (QED) is 0.516. The number of ketones is 2. The predicted molar refractivity (Wildman–Crippen MR) is 52.4 cm³/mol. The Morgan fingerprint density at radius 3 is 2.33 bits per heavy atom.